The molecule has 0 bridgehead atoms. The highest BCUT2D eigenvalue weighted by molar-refractivity contribution is 7.99. The first-order chi connectivity index (χ1) is 12.0. The number of ether oxygens (including phenoxy) is 1. The van der Waals surface area contributed by atoms with Gasteiger partial charge in [0.2, 0.25) is 5.91 Å². The summed E-state index contributed by atoms with van der Waals surface area (Å²) in [5.41, 5.74) is 3.44. The second-order valence-corrected chi connectivity index (χ2v) is 7.47. The van der Waals surface area contributed by atoms with Crippen molar-refractivity contribution in [3.63, 3.8) is 0 Å². The van der Waals surface area contributed by atoms with Gasteiger partial charge in [-0.1, -0.05) is 49.4 Å². The summed E-state index contributed by atoms with van der Waals surface area (Å²) >= 11 is 1.66. The maximum Gasteiger partial charge on any atom is 0.233 e. The van der Waals surface area contributed by atoms with E-state index in [0.29, 0.717) is 0 Å². The Balaban J connectivity index is 1.95. The number of amides is 1. The minimum atomic E-state index is -0.0893. The van der Waals surface area contributed by atoms with Crippen LogP contribution in [0.4, 0.5) is 0 Å². The maximum absolute atomic E-state index is 12.6. The van der Waals surface area contributed by atoms with Gasteiger partial charge < -0.3 is 10.1 Å². The molecule has 4 heteroatoms. The highest BCUT2D eigenvalue weighted by Crippen LogP contribution is 2.25. The van der Waals surface area contributed by atoms with Crippen molar-refractivity contribution in [2.24, 2.45) is 0 Å². The van der Waals surface area contributed by atoms with Gasteiger partial charge in [0.05, 0.1) is 18.4 Å². The number of carbonyl (C=O) groups excluding carboxylic acids is 1. The Kier molecular flexibility index (Phi) is 7.38. The Hall–Kier alpha value is -1.94. The van der Waals surface area contributed by atoms with Crippen molar-refractivity contribution in [3.8, 4) is 5.75 Å². The Labute approximate surface area is 155 Å². The Morgan fingerprint density at radius 1 is 1.20 bits per heavy atom. The molecule has 134 valence electrons. The van der Waals surface area contributed by atoms with Crippen molar-refractivity contribution < 1.29 is 9.53 Å². The molecule has 2 atom stereocenters. The summed E-state index contributed by atoms with van der Waals surface area (Å²) < 4.78 is 5.32. The number of hydrogen-bond donors (Lipinski definition) is 1. The zero-order chi connectivity index (χ0) is 18.2. The van der Waals surface area contributed by atoms with E-state index in [2.05, 4.69) is 30.4 Å². The largest absolute Gasteiger partial charge is 0.496 e. The Morgan fingerprint density at radius 3 is 2.52 bits per heavy atom. The Bertz CT molecular complexity index is 688. The molecular weight excluding hydrogens is 330 g/mol. The van der Waals surface area contributed by atoms with Crippen molar-refractivity contribution >= 4 is 17.7 Å². The van der Waals surface area contributed by atoms with Gasteiger partial charge in [0.1, 0.15) is 5.75 Å². The number of carbonyl (C=O) groups is 1. The number of thioether (sulfide) groups is 1. The van der Waals surface area contributed by atoms with Gasteiger partial charge in [0.15, 0.2) is 0 Å². The lowest BCUT2D eigenvalue weighted by atomic mass is 10.0. The first-order valence-corrected chi connectivity index (χ1v) is 9.70. The Morgan fingerprint density at radius 2 is 1.92 bits per heavy atom. The first-order valence-electron chi connectivity index (χ1n) is 8.65. The van der Waals surface area contributed by atoms with Crippen LogP contribution in [0.2, 0.25) is 0 Å². The molecule has 1 N–H and O–H groups in total. The highest BCUT2D eigenvalue weighted by Gasteiger charge is 2.19. The lowest BCUT2D eigenvalue weighted by Crippen LogP contribution is -2.34. The summed E-state index contributed by atoms with van der Waals surface area (Å²) in [6, 6.07) is 16.4. The molecule has 0 aromatic heterocycles. The predicted octanol–water partition coefficient (Wildman–Crippen LogP) is 4.89. The normalized spacial score (nSPS) is 13.1. The minimum Gasteiger partial charge on any atom is -0.496 e. The van der Waals surface area contributed by atoms with E-state index in [1.54, 1.807) is 18.9 Å². The van der Waals surface area contributed by atoms with Gasteiger partial charge in [-0.05, 0) is 43.0 Å². The smallest absolute Gasteiger partial charge is 0.233 e. The van der Waals surface area contributed by atoms with Gasteiger partial charge in [-0.2, -0.15) is 0 Å². The molecule has 0 spiro atoms. The van der Waals surface area contributed by atoms with Crippen LogP contribution in [-0.2, 0) is 10.5 Å². The lowest BCUT2D eigenvalue weighted by molar-refractivity contribution is -0.121. The fourth-order valence-electron chi connectivity index (χ4n) is 2.70. The molecule has 0 saturated carbocycles. The van der Waals surface area contributed by atoms with Gasteiger partial charge in [0.25, 0.3) is 0 Å². The van der Waals surface area contributed by atoms with E-state index < -0.39 is 0 Å². The quantitative estimate of drug-likeness (QED) is 0.731. The summed E-state index contributed by atoms with van der Waals surface area (Å²) in [6.45, 7) is 6.08. The molecule has 0 fully saturated rings. The second kappa shape index (κ2) is 9.52. The van der Waals surface area contributed by atoms with E-state index in [-0.39, 0.29) is 17.2 Å². The predicted molar refractivity (Wildman–Crippen MR) is 106 cm³/mol. The SMILES string of the molecule is CC[C@@H](NC(=O)[C@H](C)SCc1ccccc1)c1ccc(OC)c(C)c1. The molecule has 2 aromatic carbocycles. The molecule has 0 radical (unpaired) electrons. The van der Waals surface area contributed by atoms with Gasteiger partial charge in [0, 0.05) is 5.75 Å². The third kappa shape index (κ3) is 5.53. The van der Waals surface area contributed by atoms with E-state index in [1.165, 1.54) is 5.56 Å². The van der Waals surface area contributed by atoms with Gasteiger partial charge >= 0.3 is 0 Å². The summed E-state index contributed by atoms with van der Waals surface area (Å²) in [5.74, 6) is 1.80. The van der Waals surface area contributed by atoms with Crippen molar-refractivity contribution in [1.29, 1.82) is 0 Å². The van der Waals surface area contributed by atoms with E-state index in [1.807, 2.05) is 44.2 Å². The summed E-state index contributed by atoms with van der Waals surface area (Å²) in [4.78, 5) is 12.6. The summed E-state index contributed by atoms with van der Waals surface area (Å²) in [6.07, 6.45) is 0.855. The number of nitrogens with one attached hydrogen (secondary N) is 1. The molecule has 0 heterocycles. The highest BCUT2D eigenvalue weighted by atomic mass is 32.2. The van der Waals surface area contributed by atoms with Crippen LogP contribution in [-0.4, -0.2) is 18.3 Å². The number of aryl methyl sites for hydroxylation is 1. The van der Waals surface area contributed by atoms with Crippen LogP contribution >= 0.6 is 11.8 Å². The monoisotopic (exact) mass is 357 g/mol. The third-order valence-corrected chi connectivity index (χ3v) is 5.47. The third-order valence-electron chi connectivity index (χ3n) is 4.26. The lowest BCUT2D eigenvalue weighted by Gasteiger charge is -2.21. The van der Waals surface area contributed by atoms with Crippen molar-refractivity contribution in [1.82, 2.24) is 5.32 Å². The summed E-state index contributed by atoms with van der Waals surface area (Å²) in [7, 11) is 1.67. The van der Waals surface area contributed by atoms with Crippen LogP contribution in [0.3, 0.4) is 0 Å². The van der Waals surface area contributed by atoms with Crippen molar-refractivity contribution in [2.75, 3.05) is 7.11 Å². The molecule has 25 heavy (non-hydrogen) atoms. The topological polar surface area (TPSA) is 38.3 Å². The molecule has 0 aliphatic carbocycles. The molecule has 3 nitrogen and oxygen atoms in total. The average Bonchev–Trinajstić information content (AvgIpc) is 2.64. The molecule has 0 saturated heterocycles. The van der Waals surface area contributed by atoms with Crippen LogP contribution in [0.25, 0.3) is 0 Å². The fraction of sp³-hybridized carbons (Fsp3) is 0.381. The fourth-order valence-corrected chi connectivity index (χ4v) is 3.55. The molecule has 2 rings (SSSR count). The number of methoxy groups -OCH3 is 1. The zero-order valence-electron chi connectivity index (χ0n) is 15.4. The molecular formula is C21H27NO2S. The van der Waals surface area contributed by atoms with E-state index in [4.69, 9.17) is 4.74 Å². The van der Waals surface area contributed by atoms with Gasteiger partial charge in [-0.3, -0.25) is 4.79 Å². The van der Waals surface area contributed by atoms with E-state index in [9.17, 15) is 4.79 Å². The number of benzene rings is 2. The standard InChI is InChI=1S/C21H27NO2S/c1-5-19(18-11-12-20(24-4)15(2)13-18)22-21(23)16(3)25-14-17-9-7-6-8-10-17/h6-13,16,19H,5,14H2,1-4H3,(H,22,23)/t16-,19+/m0/s1. The minimum absolute atomic E-state index is 0.0249. The molecule has 0 aliphatic heterocycles. The van der Waals surface area contributed by atoms with Crippen LogP contribution < -0.4 is 10.1 Å². The number of rotatable bonds is 8. The second-order valence-electron chi connectivity index (χ2n) is 6.14. The van der Waals surface area contributed by atoms with E-state index in [0.717, 1.165) is 29.1 Å². The van der Waals surface area contributed by atoms with Crippen LogP contribution in [0.1, 0.15) is 43.0 Å². The zero-order valence-corrected chi connectivity index (χ0v) is 16.2. The molecule has 0 aliphatic rings. The molecule has 0 unspecified atom stereocenters. The van der Waals surface area contributed by atoms with Crippen LogP contribution in [0.5, 0.6) is 5.75 Å². The molecule has 2 aromatic rings. The number of hydrogen-bond acceptors (Lipinski definition) is 3. The van der Waals surface area contributed by atoms with Crippen molar-refractivity contribution in [2.45, 2.75) is 44.2 Å². The van der Waals surface area contributed by atoms with Gasteiger partial charge in [-0.15, -0.1) is 11.8 Å². The first kappa shape index (κ1) is 19.4. The van der Waals surface area contributed by atoms with E-state index >= 15 is 0 Å². The maximum atomic E-state index is 12.6. The van der Waals surface area contributed by atoms with Crippen LogP contribution in [0, 0.1) is 6.92 Å². The molecule has 1 amide bonds. The van der Waals surface area contributed by atoms with Gasteiger partial charge in [-0.25, -0.2) is 0 Å². The average molecular weight is 358 g/mol. The van der Waals surface area contributed by atoms with Crippen LogP contribution in [0.15, 0.2) is 48.5 Å². The summed E-state index contributed by atoms with van der Waals surface area (Å²) in [5, 5.41) is 3.09. The van der Waals surface area contributed by atoms with Crippen molar-refractivity contribution in [3.05, 3.63) is 65.2 Å².